The maximum absolute atomic E-state index is 11.9. The molecule has 1 N–H and O–H groups in total. The Morgan fingerprint density at radius 3 is 2.67 bits per heavy atom. The molecule has 6 nitrogen and oxygen atoms in total. The van der Waals surface area contributed by atoms with E-state index in [-0.39, 0.29) is 11.3 Å². The smallest absolute Gasteiger partial charge is 0.225 e. The van der Waals surface area contributed by atoms with E-state index in [1.807, 2.05) is 39.8 Å². The van der Waals surface area contributed by atoms with Gasteiger partial charge in [0.15, 0.2) is 5.13 Å². The number of carbonyl (C=O) groups is 1. The number of thiazole rings is 1. The molecule has 1 fully saturated rings. The lowest BCUT2D eigenvalue weighted by molar-refractivity contribution is -0.128. The quantitative estimate of drug-likeness (QED) is 0.822. The number of anilines is 1. The number of ether oxygens (including phenoxy) is 1. The monoisotopic (exact) mass is 390 g/mol. The van der Waals surface area contributed by atoms with Crippen LogP contribution in [-0.4, -0.2) is 61.7 Å². The van der Waals surface area contributed by atoms with Gasteiger partial charge in [0.1, 0.15) is 11.3 Å². The summed E-state index contributed by atoms with van der Waals surface area (Å²) in [6, 6.07) is 6.12. The molecule has 1 aliphatic heterocycles. The van der Waals surface area contributed by atoms with Crippen LogP contribution >= 0.6 is 11.3 Å². The molecule has 2 heterocycles. The molecule has 0 spiro atoms. The number of carbonyl (C=O) groups excluding carboxylic acids is 1. The minimum absolute atomic E-state index is 0.112. The zero-order valence-electron chi connectivity index (χ0n) is 16.7. The van der Waals surface area contributed by atoms with Crippen LogP contribution in [0.1, 0.15) is 27.7 Å². The van der Waals surface area contributed by atoms with E-state index in [0.717, 1.165) is 49.1 Å². The first-order valence-corrected chi connectivity index (χ1v) is 10.5. The number of rotatable bonds is 6. The highest BCUT2D eigenvalue weighted by Gasteiger charge is 2.23. The van der Waals surface area contributed by atoms with Crippen LogP contribution in [0.25, 0.3) is 10.2 Å². The number of hydrogen-bond acceptors (Lipinski definition) is 6. The first-order chi connectivity index (χ1) is 12.9. The fourth-order valence-corrected chi connectivity index (χ4v) is 4.11. The van der Waals surface area contributed by atoms with E-state index < -0.39 is 0 Å². The third-order valence-electron chi connectivity index (χ3n) is 4.71. The second-order valence-electron chi connectivity index (χ2n) is 7.87. The lowest BCUT2D eigenvalue weighted by atomic mass is 9.96. The Bertz CT molecular complexity index is 776. The molecule has 1 amide bonds. The van der Waals surface area contributed by atoms with Gasteiger partial charge in [-0.1, -0.05) is 38.2 Å². The van der Waals surface area contributed by atoms with Crippen LogP contribution in [0.4, 0.5) is 5.13 Å². The van der Waals surface area contributed by atoms with Crippen molar-refractivity contribution in [2.45, 2.75) is 27.7 Å². The highest BCUT2D eigenvalue weighted by Crippen LogP contribution is 2.34. The predicted octanol–water partition coefficient (Wildman–Crippen LogP) is 2.98. The molecular weight excluding hydrogens is 360 g/mol. The molecule has 7 heteroatoms. The van der Waals surface area contributed by atoms with Gasteiger partial charge < -0.3 is 15.0 Å². The number of nitrogens with one attached hydrogen (secondary N) is 1. The molecule has 3 rings (SSSR count). The zero-order chi connectivity index (χ0) is 19.4. The van der Waals surface area contributed by atoms with Crippen LogP contribution in [-0.2, 0) is 4.79 Å². The summed E-state index contributed by atoms with van der Waals surface area (Å²) in [5.41, 5.74) is 0.637. The van der Waals surface area contributed by atoms with Gasteiger partial charge in [0.25, 0.3) is 0 Å². The Kier molecular flexibility index (Phi) is 6.22. The van der Waals surface area contributed by atoms with Gasteiger partial charge in [0.05, 0.1) is 11.3 Å². The molecule has 0 aliphatic carbocycles. The molecule has 0 radical (unpaired) electrons. The molecule has 1 aliphatic rings. The lowest BCUT2D eigenvalue weighted by Crippen LogP contribution is -2.49. The van der Waals surface area contributed by atoms with Gasteiger partial charge in [0.2, 0.25) is 5.91 Å². The normalized spacial score (nSPS) is 15.9. The summed E-state index contributed by atoms with van der Waals surface area (Å²) in [5, 5.41) is 4.10. The van der Waals surface area contributed by atoms with Crippen molar-refractivity contribution in [3.05, 3.63) is 18.2 Å². The van der Waals surface area contributed by atoms with Gasteiger partial charge in [-0.25, -0.2) is 4.98 Å². The van der Waals surface area contributed by atoms with Crippen molar-refractivity contribution in [3.8, 4) is 5.75 Å². The summed E-state index contributed by atoms with van der Waals surface area (Å²) < 4.78 is 6.88. The van der Waals surface area contributed by atoms with Crippen molar-refractivity contribution >= 4 is 32.6 Å². The van der Waals surface area contributed by atoms with Crippen molar-refractivity contribution in [3.63, 3.8) is 0 Å². The highest BCUT2D eigenvalue weighted by molar-refractivity contribution is 7.22. The van der Waals surface area contributed by atoms with E-state index in [2.05, 4.69) is 21.2 Å². The minimum Gasteiger partial charge on any atom is -0.492 e. The number of nitrogens with zero attached hydrogens (tertiary/aromatic N) is 3. The van der Waals surface area contributed by atoms with E-state index in [1.165, 1.54) is 4.70 Å². The first-order valence-electron chi connectivity index (χ1n) is 9.66. The third-order valence-corrected chi connectivity index (χ3v) is 5.79. The molecule has 0 unspecified atom stereocenters. The SMILES string of the molecule is CCOc1cccc2sc(N3CCN(CCNC(=O)C(C)(C)C)CC3)nc12. The van der Waals surface area contributed by atoms with Crippen LogP contribution in [0.2, 0.25) is 0 Å². The van der Waals surface area contributed by atoms with Crippen LogP contribution in [0, 0.1) is 5.41 Å². The molecule has 0 atom stereocenters. The Labute approximate surface area is 165 Å². The fourth-order valence-electron chi connectivity index (χ4n) is 3.07. The number of para-hydroxylation sites is 1. The zero-order valence-corrected chi connectivity index (χ0v) is 17.6. The number of piperazine rings is 1. The number of hydrogen-bond donors (Lipinski definition) is 1. The van der Waals surface area contributed by atoms with Gasteiger partial charge in [-0.15, -0.1) is 0 Å². The largest absolute Gasteiger partial charge is 0.492 e. The van der Waals surface area contributed by atoms with E-state index in [0.29, 0.717) is 13.2 Å². The van der Waals surface area contributed by atoms with Crippen LogP contribution in [0.5, 0.6) is 5.75 Å². The molecule has 2 aromatic rings. The lowest BCUT2D eigenvalue weighted by Gasteiger charge is -2.34. The second-order valence-corrected chi connectivity index (χ2v) is 8.88. The fraction of sp³-hybridized carbons (Fsp3) is 0.600. The van der Waals surface area contributed by atoms with E-state index in [1.54, 1.807) is 11.3 Å². The molecule has 0 bridgehead atoms. The van der Waals surface area contributed by atoms with Crippen molar-refractivity contribution < 1.29 is 9.53 Å². The average molecular weight is 391 g/mol. The van der Waals surface area contributed by atoms with Gasteiger partial charge in [-0.3, -0.25) is 9.69 Å². The van der Waals surface area contributed by atoms with Crippen molar-refractivity contribution in [2.75, 3.05) is 50.8 Å². The van der Waals surface area contributed by atoms with E-state index in [9.17, 15) is 4.79 Å². The molecular formula is C20H30N4O2S. The van der Waals surface area contributed by atoms with E-state index in [4.69, 9.17) is 9.72 Å². The summed E-state index contributed by atoms with van der Waals surface area (Å²) in [6.45, 7) is 13.9. The van der Waals surface area contributed by atoms with Crippen molar-refractivity contribution in [2.24, 2.45) is 5.41 Å². The minimum atomic E-state index is -0.327. The Morgan fingerprint density at radius 1 is 1.26 bits per heavy atom. The van der Waals surface area contributed by atoms with Crippen LogP contribution in [0.15, 0.2) is 18.2 Å². The maximum atomic E-state index is 11.9. The number of aromatic nitrogens is 1. The Morgan fingerprint density at radius 2 is 2.00 bits per heavy atom. The number of fused-ring (bicyclic) bond motifs is 1. The van der Waals surface area contributed by atoms with Gasteiger partial charge >= 0.3 is 0 Å². The molecule has 1 aromatic carbocycles. The summed E-state index contributed by atoms with van der Waals surface area (Å²) in [6.07, 6.45) is 0. The summed E-state index contributed by atoms with van der Waals surface area (Å²) >= 11 is 1.73. The Hall–Kier alpha value is -1.86. The second kappa shape index (κ2) is 8.44. The average Bonchev–Trinajstić information content (AvgIpc) is 3.07. The number of benzene rings is 1. The summed E-state index contributed by atoms with van der Waals surface area (Å²) in [7, 11) is 0. The summed E-state index contributed by atoms with van der Waals surface area (Å²) in [5.74, 6) is 0.978. The van der Waals surface area contributed by atoms with Gasteiger partial charge in [-0.05, 0) is 19.1 Å². The molecule has 27 heavy (non-hydrogen) atoms. The number of amides is 1. The highest BCUT2D eigenvalue weighted by atomic mass is 32.1. The van der Waals surface area contributed by atoms with E-state index >= 15 is 0 Å². The molecule has 148 valence electrons. The predicted molar refractivity (Wildman–Crippen MR) is 112 cm³/mol. The van der Waals surface area contributed by atoms with Crippen LogP contribution < -0.4 is 15.0 Å². The molecule has 0 saturated carbocycles. The third kappa shape index (κ3) is 4.90. The van der Waals surface area contributed by atoms with Crippen LogP contribution in [0.3, 0.4) is 0 Å². The maximum Gasteiger partial charge on any atom is 0.225 e. The molecule has 1 saturated heterocycles. The standard InChI is InChI=1S/C20H30N4O2S/c1-5-26-15-7-6-8-16-17(15)22-19(27-16)24-13-11-23(12-14-24)10-9-21-18(25)20(2,3)4/h6-8H,5,9-14H2,1-4H3,(H,21,25). The topological polar surface area (TPSA) is 57.7 Å². The van der Waals surface area contributed by atoms with Gasteiger partial charge in [-0.2, -0.15) is 0 Å². The summed E-state index contributed by atoms with van der Waals surface area (Å²) in [4.78, 5) is 21.5. The Balaban J connectivity index is 1.53. The van der Waals surface area contributed by atoms with Crippen molar-refractivity contribution in [1.29, 1.82) is 0 Å². The molecule has 1 aromatic heterocycles. The first kappa shape index (κ1) is 19.9. The van der Waals surface area contributed by atoms with Crippen molar-refractivity contribution in [1.82, 2.24) is 15.2 Å². The van der Waals surface area contributed by atoms with Gasteiger partial charge in [0, 0.05) is 44.7 Å².